The van der Waals surface area contributed by atoms with Crippen LogP contribution in [0.2, 0.25) is 0 Å². The van der Waals surface area contributed by atoms with Gasteiger partial charge in [-0.3, -0.25) is 14.9 Å². The van der Waals surface area contributed by atoms with Crippen LogP contribution in [0.5, 0.6) is 17.2 Å². The van der Waals surface area contributed by atoms with Crippen LogP contribution in [0.4, 0.5) is 20.2 Å². The summed E-state index contributed by atoms with van der Waals surface area (Å²) in [7, 11) is 0. The lowest BCUT2D eigenvalue weighted by atomic mass is 10.2. The number of ether oxygens (including phenoxy) is 2. The molecule has 2 aromatic carbocycles. The Morgan fingerprint density at radius 3 is 2.27 bits per heavy atom. The lowest BCUT2D eigenvalue weighted by molar-refractivity contribution is -0.386. The molecule has 0 aromatic heterocycles. The molecule has 26 heavy (non-hydrogen) atoms. The topological polar surface area (TPSA) is 90.7 Å². The molecule has 138 valence electrons. The van der Waals surface area contributed by atoms with E-state index in [1.54, 1.807) is 38.1 Å². The highest BCUT2D eigenvalue weighted by Gasteiger charge is 2.19. The molecular weight excluding hydrogens is 350 g/mol. The lowest BCUT2D eigenvalue weighted by Gasteiger charge is -2.11. The Kier molecular flexibility index (Phi) is 6.05. The van der Waals surface area contributed by atoms with Crippen LogP contribution in [-0.2, 0) is 4.79 Å². The Morgan fingerprint density at radius 1 is 1.12 bits per heavy atom. The SMILES string of the molecule is CC(C)C(=O)Nc1ccc(Oc2ccc([N+](=O)[O-])c(OC(F)F)c2)cc1. The maximum absolute atomic E-state index is 12.4. The van der Waals surface area contributed by atoms with Crippen molar-refractivity contribution in [2.75, 3.05) is 5.32 Å². The van der Waals surface area contributed by atoms with Crippen molar-refractivity contribution in [3.8, 4) is 17.2 Å². The maximum Gasteiger partial charge on any atom is 0.387 e. The van der Waals surface area contributed by atoms with Gasteiger partial charge in [0, 0.05) is 23.7 Å². The van der Waals surface area contributed by atoms with E-state index in [0.717, 1.165) is 12.1 Å². The predicted molar refractivity (Wildman–Crippen MR) is 89.7 cm³/mol. The first-order valence-corrected chi connectivity index (χ1v) is 7.58. The summed E-state index contributed by atoms with van der Waals surface area (Å²) >= 11 is 0. The molecule has 0 saturated carbocycles. The molecule has 1 N–H and O–H groups in total. The number of nitro groups is 1. The molecule has 7 nitrogen and oxygen atoms in total. The summed E-state index contributed by atoms with van der Waals surface area (Å²) in [6, 6.07) is 9.64. The van der Waals surface area contributed by atoms with Gasteiger partial charge in [0.05, 0.1) is 4.92 Å². The normalized spacial score (nSPS) is 10.7. The van der Waals surface area contributed by atoms with Gasteiger partial charge in [0.15, 0.2) is 0 Å². The summed E-state index contributed by atoms with van der Waals surface area (Å²) in [6.45, 7) is 0.328. The highest BCUT2D eigenvalue weighted by atomic mass is 19.3. The first-order chi connectivity index (χ1) is 12.3. The number of alkyl halides is 2. The Balaban J connectivity index is 2.15. The van der Waals surface area contributed by atoms with Gasteiger partial charge in [0.1, 0.15) is 11.5 Å². The van der Waals surface area contributed by atoms with Gasteiger partial charge in [-0.15, -0.1) is 0 Å². The molecule has 0 radical (unpaired) electrons. The number of nitrogens with zero attached hydrogens (tertiary/aromatic N) is 1. The number of carbonyl (C=O) groups is 1. The molecule has 0 spiro atoms. The quantitative estimate of drug-likeness (QED) is 0.572. The Bertz CT molecular complexity index is 794. The molecule has 2 rings (SSSR count). The Labute approximate surface area is 147 Å². The third kappa shape index (κ3) is 5.13. The zero-order valence-corrected chi connectivity index (χ0v) is 13.9. The standard InChI is InChI=1S/C17H16F2N2O5/c1-10(2)16(22)20-11-3-5-12(6-4-11)25-13-7-8-14(21(23)24)15(9-13)26-17(18)19/h3-10,17H,1-2H3,(H,20,22). The molecule has 1 amide bonds. The molecular formula is C17H16F2N2O5. The van der Waals surface area contributed by atoms with Gasteiger partial charge in [-0.05, 0) is 30.3 Å². The van der Waals surface area contributed by atoms with Crippen molar-refractivity contribution in [2.45, 2.75) is 20.5 Å². The molecule has 0 bridgehead atoms. The minimum atomic E-state index is -3.20. The summed E-state index contributed by atoms with van der Waals surface area (Å²) < 4.78 is 34.5. The number of hydrogen-bond donors (Lipinski definition) is 1. The Morgan fingerprint density at radius 2 is 1.73 bits per heavy atom. The molecule has 0 heterocycles. The average Bonchev–Trinajstić information content (AvgIpc) is 2.56. The predicted octanol–water partition coefficient (Wildman–Crippen LogP) is 4.58. The van der Waals surface area contributed by atoms with Crippen molar-refractivity contribution in [3.63, 3.8) is 0 Å². The van der Waals surface area contributed by atoms with Crippen LogP contribution in [0.3, 0.4) is 0 Å². The minimum absolute atomic E-state index is 0.0882. The van der Waals surface area contributed by atoms with E-state index >= 15 is 0 Å². The molecule has 9 heteroatoms. The Hall–Kier alpha value is -3.23. The largest absolute Gasteiger partial charge is 0.457 e. The molecule has 0 fully saturated rings. The second-order valence-electron chi connectivity index (χ2n) is 5.54. The third-order valence-electron chi connectivity index (χ3n) is 3.23. The van der Waals surface area contributed by atoms with Crippen LogP contribution in [0, 0.1) is 16.0 Å². The van der Waals surface area contributed by atoms with Crippen LogP contribution in [-0.4, -0.2) is 17.4 Å². The van der Waals surface area contributed by atoms with Crippen molar-refractivity contribution in [1.82, 2.24) is 0 Å². The molecule has 0 aliphatic heterocycles. The average molecular weight is 366 g/mol. The summed E-state index contributed by atoms with van der Waals surface area (Å²) in [5, 5.41) is 13.6. The number of benzene rings is 2. The first kappa shape index (κ1) is 19.1. The van der Waals surface area contributed by atoms with Crippen molar-refractivity contribution in [3.05, 3.63) is 52.6 Å². The lowest BCUT2D eigenvalue weighted by Crippen LogP contribution is -2.17. The van der Waals surface area contributed by atoms with Crippen molar-refractivity contribution in [2.24, 2.45) is 5.92 Å². The maximum atomic E-state index is 12.4. The monoisotopic (exact) mass is 366 g/mol. The minimum Gasteiger partial charge on any atom is -0.457 e. The van der Waals surface area contributed by atoms with Crippen LogP contribution < -0.4 is 14.8 Å². The fourth-order valence-electron chi connectivity index (χ4n) is 1.93. The number of halogens is 2. The van der Waals surface area contributed by atoms with E-state index in [4.69, 9.17) is 4.74 Å². The number of carbonyl (C=O) groups excluding carboxylic acids is 1. The zero-order chi connectivity index (χ0) is 19.3. The molecule has 2 aromatic rings. The second-order valence-corrected chi connectivity index (χ2v) is 5.54. The molecule has 0 aliphatic rings. The van der Waals surface area contributed by atoms with Crippen molar-refractivity contribution < 1.29 is 28.0 Å². The van der Waals surface area contributed by atoms with E-state index in [1.807, 2.05) is 0 Å². The van der Waals surface area contributed by atoms with Crippen LogP contribution in [0.25, 0.3) is 0 Å². The number of nitro benzene ring substituents is 1. The van der Waals surface area contributed by atoms with Crippen molar-refractivity contribution >= 4 is 17.3 Å². The number of hydrogen-bond acceptors (Lipinski definition) is 5. The van der Waals surface area contributed by atoms with Crippen LogP contribution >= 0.6 is 0 Å². The second kappa shape index (κ2) is 8.24. The summed E-state index contributed by atoms with van der Waals surface area (Å²) in [4.78, 5) is 21.7. The van der Waals surface area contributed by atoms with Gasteiger partial charge in [-0.2, -0.15) is 8.78 Å². The van der Waals surface area contributed by atoms with Crippen molar-refractivity contribution in [1.29, 1.82) is 0 Å². The van der Waals surface area contributed by atoms with E-state index in [0.29, 0.717) is 11.4 Å². The van der Waals surface area contributed by atoms with Gasteiger partial charge in [0.2, 0.25) is 11.7 Å². The van der Waals surface area contributed by atoms with Gasteiger partial charge in [0.25, 0.3) is 0 Å². The summed E-state index contributed by atoms with van der Waals surface area (Å²) in [6.07, 6.45) is 0. The fourth-order valence-corrected chi connectivity index (χ4v) is 1.93. The van der Waals surface area contributed by atoms with E-state index in [9.17, 15) is 23.7 Å². The van der Waals surface area contributed by atoms with E-state index < -0.39 is 23.0 Å². The zero-order valence-electron chi connectivity index (χ0n) is 13.9. The number of anilines is 1. The number of nitrogens with one attached hydrogen (secondary N) is 1. The smallest absolute Gasteiger partial charge is 0.387 e. The number of amides is 1. The molecule has 0 atom stereocenters. The number of rotatable bonds is 7. The van der Waals surface area contributed by atoms with Gasteiger partial charge in [-0.25, -0.2) is 0 Å². The highest BCUT2D eigenvalue weighted by molar-refractivity contribution is 5.92. The third-order valence-corrected chi connectivity index (χ3v) is 3.23. The fraction of sp³-hybridized carbons (Fsp3) is 0.235. The van der Waals surface area contributed by atoms with E-state index in [-0.39, 0.29) is 17.6 Å². The molecule has 0 aliphatic carbocycles. The van der Waals surface area contributed by atoms with E-state index in [2.05, 4.69) is 10.1 Å². The first-order valence-electron chi connectivity index (χ1n) is 7.58. The highest BCUT2D eigenvalue weighted by Crippen LogP contribution is 2.34. The van der Waals surface area contributed by atoms with Gasteiger partial charge < -0.3 is 14.8 Å². The molecule has 0 unspecified atom stereocenters. The van der Waals surface area contributed by atoms with Gasteiger partial charge in [-0.1, -0.05) is 13.8 Å². The van der Waals surface area contributed by atoms with Gasteiger partial charge >= 0.3 is 12.3 Å². The summed E-state index contributed by atoms with van der Waals surface area (Å²) in [5.74, 6) is -0.458. The van der Waals surface area contributed by atoms with Crippen LogP contribution in [0.15, 0.2) is 42.5 Å². The molecule has 0 saturated heterocycles. The summed E-state index contributed by atoms with van der Waals surface area (Å²) in [5.41, 5.74) is -0.0223. The van der Waals surface area contributed by atoms with Crippen LogP contribution in [0.1, 0.15) is 13.8 Å². The van der Waals surface area contributed by atoms with E-state index in [1.165, 1.54) is 6.07 Å².